The van der Waals surface area contributed by atoms with E-state index in [1.807, 2.05) is 24.3 Å². The topological polar surface area (TPSA) is 70.8 Å². The Morgan fingerprint density at radius 1 is 1.32 bits per heavy atom. The normalized spacial score (nSPS) is 15.5. The fourth-order valence-corrected chi connectivity index (χ4v) is 2.43. The van der Waals surface area contributed by atoms with Crippen LogP contribution in [-0.2, 0) is 4.79 Å². The van der Waals surface area contributed by atoms with Crippen LogP contribution in [-0.4, -0.2) is 35.0 Å². The molecule has 1 saturated heterocycles. The number of amides is 1. The summed E-state index contributed by atoms with van der Waals surface area (Å²) >= 11 is 0. The van der Waals surface area contributed by atoms with Gasteiger partial charge in [-0.1, -0.05) is 18.2 Å². The number of likely N-dealkylation sites (tertiary alicyclic amines) is 1. The van der Waals surface area contributed by atoms with Crippen LogP contribution in [0.1, 0.15) is 16.8 Å². The first-order valence-corrected chi connectivity index (χ1v) is 6.12. The van der Waals surface area contributed by atoms with Crippen molar-refractivity contribution in [3.8, 4) is 0 Å². The van der Waals surface area contributed by atoms with E-state index in [-0.39, 0.29) is 18.2 Å². The van der Waals surface area contributed by atoms with Gasteiger partial charge < -0.3 is 14.4 Å². The third-order valence-corrected chi connectivity index (χ3v) is 3.42. The van der Waals surface area contributed by atoms with Crippen molar-refractivity contribution in [1.82, 2.24) is 4.90 Å². The largest absolute Gasteiger partial charge is 0.481 e. The summed E-state index contributed by atoms with van der Waals surface area (Å²) in [5.41, 5.74) is 1.23. The van der Waals surface area contributed by atoms with Crippen LogP contribution in [0.3, 0.4) is 0 Å². The van der Waals surface area contributed by atoms with E-state index in [0.29, 0.717) is 24.2 Å². The zero-order valence-electron chi connectivity index (χ0n) is 10.2. The number of carboxylic acids is 1. The van der Waals surface area contributed by atoms with Crippen molar-refractivity contribution in [2.24, 2.45) is 5.92 Å². The Morgan fingerprint density at radius 2 is 2.05 bits per heavy atom. The first-order chi connectivity index (χ1) is 9.15. The molecule has 1 aliphatic heterocycles. The minimum absolute atomic E-state index is 0.0691. The van der Waals surface area contributed by atoms with E-state index in [9.17, 15) is 9.59 Å². The van der Waals surface area contributed by atoms with Gasteiger partial charge in [-0.2, -0.15) is 0 Å². The van der Waals surface area contributed by atoms with Crippen molar-refractivity contribution < 1.29 is 19.1 Å². The molecule has 0 unspecified atom stereocenters. The van der Waals surface area contributed by atoms with E-state index >= 15 is 0 Å². The zero-order chi connectivity index (χ0) is 13.4. The molecule has 1 aromatic heterocycles. The highest BCUT2D eigenvalue weighted by molar-refractivity contribution is 6.06. The number of nitrogens with zero attached hydrogens (tertiary/aromatic N) is 1. The summed E-state index contributed by atoms with van der Waals surface area (Å²) in [5.74, 6) is -0.836. The van der Waals surface area contributed by atoms with Crippen LogP contribution < -0.4 is 0 Å². The lowest BCUT2D eigenvalue weighted by Gasteiger charge is -2.38. The SMILES string of the molecule is O=C(O)CC1CN(C(=O)c2coc3ccccc23)C1. The van der Waals surface area contributed by atoms with E-state index in [0.717, 1.165) is 5.39 Å². The highest BCUT2D eigenvalue weighted by Crippen LogP contribution is 2.26. The number of carbonyl (C=O) groups is 2. The number of fused-ring (bicyclic) bond motifs is 1. The van der Waals surface area contributed by atoms with Crippen molar-refractivity contribution in [3.05, 3.63) is 36.1 Å². The molecule has 0 atom stereocenters. The molecule has 98 valence electrons. The van der Waals surface area contributed by atoms with Crippen LogP contribution in [0, 0.1) is 5.92 Å². The van der Waals surface area contributed by atoms with Crippen molar-refractivity contribution in [1.29, 1.82) is 0 Å². The predicted octanol–water partition coefficient (Wildman–Crippen LogP) is 1.98. The molecule has 5 nitrogen and oxygen atoms in total. The summed E-state index contributed by atoms with van der Waals surface area (Å²) in [4.78, 5) is 24.5. The van der Waals surface area contributed by atoms with Gasteiger partial charge in [0.15, 0.2) is 0 Å². The maximum Gasteiger partial charge on any atom is 0.303 e. The molecular weight excluding hydrogens is 246 g/mol. The molecular formula is C14H13NO4. The predicted molar refractivity (Wildman–Crippen MR) is 67.9 cm³/mol. The third-order valence-electron chi connectivity index (χ3n) is 3.42. The molecule has 0 bridgehead atoms. The molecule has 0 saturated carbocycles. The number of furan rings is 1. The van der Waals surface area contributed by atoms with Crippen molar-refractivity contribution >= 4 is 22.8 Å². The zero-order valence-corrected chi connectivity index (χ0v) is 10.2. The van der Waals surface area contributed by atoms with Gasteiger partial charge >= 0.3 is 5.97 Å². The van der Waals surface area contributed by atoms with Crippen molar-refractivity contribution in [2.45, 2.75) is 6.42 Å². The highest BCUT2D eigenvalue weighted by atomic mass is 16.4. The Hall–Kier alpha value is -2.30. The van der Waals surface area contributed by atoms with Gasteiger partial charge in [0.1, 0.15) is 11.8 Å². The molecule has 1 aromatic carbocycles. The smallest absolute Gasteiger partial charge is 0.303 e. The second-order valence-corrected chi connectivity index (χ2v) is 4.82. The number of hydrogen-bond donors (Lipinski definition) is 1. The van der Waals surface area contributed by atoms with Gasteiger partial charge in [-0.05, 0) is 6.07 Å². The maximum atomic E-state index is 12.3. The molecule has 0 spiro atoms. The van der Waals surface area contributed by atoms with E-state index in [2.05, 4.69) is 0 Å². The molecule has 1 N–H and O–H groups in total. The third kappa shape index (κ3) is 2.07. The second-order valence-electron chi connectivity index (χ2n) is 4.82. The van der Waals surface area contributed by atoms with Crippen molar-refractivity contribution in [3.63, 3.8) is 0 Å². The quantitative estimate of drug-likeness (QED) is 0.914. The fraction of sp³-hybridized carbons (Fsp3) is 0.286. The summed E-state index contributed by atoms with van der Waals surface area (Å²) in [5, 5.41) is 9.48. The Bertz CT molecular complexity index is 640. The first-order valence-electron chi connectivity index (χ1n) is 6.12. The van der Waals surface area contributed by atoms with Crippen LogP contribution in [0.2, 0.25) is 0 Å². The molecule has 19 heavy (non-hydrogen) atoms. The number of benzene rings is 1. The van der Waals surface area contributed by atoms with Crippen LogP contribution in [0.4, 0.5) is 0 Å². The Kier molecular flexibility index (Phi) is 2.74. The number of carboxylic acid groups (broad SMARTS) is 1. The standard InChI is InChI=1S/C14H13NO4/c16-13(17)5-9-6-15(7-9)14(18)11-8-19-12-4-2-1-3-10(11)12/h1-4,8-9H,5-7H2,(H,16,17). The van der Waals surface area contributed by atoms with Gasteiger partial charge in [0, 0.05) is 24.4 Å². The number of aliphatic carboxylic acids is 1. The van der Waals surface area contributed by atoms with Crippen LogP contribution in [0.15, 0.2) is 34.9 Å². The van der Waals surface area contributed by atoms with Gasteiger partial charge in [0.2, 0.25) is 0 Å². The van der Waals surface area contributed by atoms with E-state index < -0.39 is 5.97 Å². The molecule has 3 rings (SSSR count). The van der Waals surface area contributed by atoms with E-state index in [1.54, 1.807) is 4.90 Å². The maximum absolute atomic E-state index is 12.3. The first kappa shape index (κ1) is 11.8. The lowest BCUT2D eigenvalue weighted by molar-refractivity contribution is -0.139. The molecule has 2 heterocycles. The minimum atomic E-state index is -0.814. The summed E-state index contributed by atoms with van der Waals surface area (Å²) in [6.45, 7) is 1.01. The van der Waals surface area contributed by atoms with Gasteiger partial charge in [0.25, 0.3) is 5.91 Å². The van der Waals surface area contributed by atoms with E-state index in [4.69, 9.17) is 9.52 Å². The van der Waals surface area contributed by atoms with Crippen molar-refractivity contribution in [2.75, 3.05) is 13.1 Å². The van der Waals surface area contributed by atoms with Gasteiger partial charge in [-0.3, -0.25) is 9.59 Å². The number of para-hydroxylation sites is 1. The van der Waals surface area contributed by atoms with Gasteiger partial charge in [-0.25, -0.2) is 0 Å². The molecule has 1 fully saturated rings. The number of rotatable bonds is 3. The fourth-order valence-electron chi connectivity index (χ4n) is 2.43. The lowest BCUT2D eigenvalue weighted by Crippen LogP contribution is -2.50. The summed E-state index contributed by atoms with van der Waals surface area (Å²) < 4.78 is 5.34. The van der Waals surface area contributed by atoms with Gasteiger partial charge in [-0.15, -0.1) is 0 Å². The van der Waals surface area contributed by atoms with Crippen LogP contribution in [0.5, 0.6) is 0 Å². The molecule has 5 heteroatoms. The summed E-state index contributed by atoms with van der Waals surface area (Å²) in [6.07, 6.45) is 1.59. The summed E-state index contributed by atoms with van der Waals surface area (Å²) in [7, 11) is 0. The molecule has 0 radical (unpaired) electrons. The molecule has 2 aromatic rings. The number of carbonyl (C=O) groups excluding carboxylic acids is 1. The minimum Gasteiger partial charge on any atom is -0.481 e. The Labute approximate surface area is 109 Å². The molecule has 0 aliphatic carbocycles. The monoisotopic (exact) mass is 259 g/mol. The summed E-state index contributed by atoms with van der Waals surface area (Å²) in [6, 6.07) is 7.38. The average Bonchev–Trinajstić information content (AvgIpc) is 2.76. The lowest BCUT2D eigenvalue weighted by atomic mass is 9.95. The molecule has 1 aliphatic rings. The second kappa shape index (κ2) is 4.42. The van der Waals surface area contributed by atoms with E-state index in [1.165, 1.54) is 6.26 Å². The Balaban J connectivity index is 1.74. The Morgan fingerprint density at radius 3 is 2.79 bits per heavy atom. The average molecular weight is 259 g/mol. The van der Waals surface area contributed by atoms with Crippen LogP contribution in [0.25, 0.3) is 11.0 Å². The van der Waals surface area contributed by atoms with Crippen LogP contribution >= 0.6 is 0 Å². The molecule has 1 amide bonds. The number of hydrogen-bond acceptors (Lipinski definition) is 3. The highest BCUT2D eigenvalue weighted by Gasteiger charge is 2.33. The van der Waals surface area contributed by atoms with Gasteiger partial charge in [0.05, 0.1) is 12.0 Å².